The molecule has 1 heterocycles. The molecule has 0 fully saturated rings. The van der Waals surface area contributed by atoms with Crippen molar-refractivity contribution in [1.29, 1.82) is 0 Å². The molecule has 0 atom stereocenters. The monoisotopic (exact) mass is 288 g/mol. The minimum absolute atomic E-state index is 0.227. The first kappa shape index (κ1) is 16.2. The van der Waals surface area contributed by atoms with Crippen molar-refractivity contribution >= 4 is 20.4 Å². The van der Waals surface area contributed by atoms with E-state index in [1.165, 1.54) is 4.31 Å². The summed E-state index contributed by atoms with van der Waals surface area (Å²) >= 11 is 0. The first-order valence-corrected chi connectivity index (χ1v) is 7.65. The van der Waals surface area contributed by atoms with Gasteiger partial charge in [-0.2, -0.15) is 8.42 Å². The molecule has 0 amide bonds. The first-order chi connectivity index (χ1) is 7.56. The third-order valence-corrected chi connectivity index (χ3v) is 3.55. The molecule has 0 spiro atoms. The Bertz CT molecular complexity index is 447. The van der Waals surface area contributed by atoms with Gasteiger partial charge in [0, 0.05) is 19.4 Å². The van der Waals surface area contributed by atoms with Gasteiger partial charge in [0.1, 0.15) is 6.67 Å². The predicted molar refractivity (Wildman–Crippen MR) is 61.9 cm³/mol. The summed E-state index contributed by atoms with van der Waals surface area (Å²) in [6, 6.07) is 0. The zero-order chi connectivity index (χ0) is 13.7. The lowest BCUT2D eigenvalue weighted by atomic mass is 10.6. The summed E-state index contributed by atoms with van der Waals surface area (Å²) in [5.74, 6) is 0.227. The summed E-state index contributed by atoms with van der Waals surface area (Å²) in [6.45, 7) is 2.31. The van der Waals surface area contributed by atoms with Crippen LogP contribution in [0.4, 0.5) is 0 Å². The highest BCUT2D eigenvalue weighted by Crippen LogP contribution is 2.10. The molecule has 102 valence electrons. The maximum absolute atomic E-state index is 11.4. The van der Waals surface area contributed by atoms with E-state index < -0.39 is 20.4 Å². The van der Waals surface area contributed by atoms with Gasteiger partial charge in [-0.05, 0) is 6.42 Å². The van der Waals surface area contributed by atoms with E-state index in [2.05, 4.69) is 0 Å². The number of rotatable bonds is 3. The van der Waals surface area contributed by atoms with Crippen molar-refractivity contribution in [1.82, 2.24) is 9.21 Å². The molecule has 0 aliphatic carbocycles. The molecule has 1 rings (SSSR count). The average molecular weight is 288 g/mol. The van der Waals surface area contributed by atoms with Crippen molar-refractivity contribution in [2.45, 2.75) is 13.3 Å². The van der Waals surface area contributed by atoms with Gasteiger partial charge < -0.3 is 4.90 Å². The third-order valence-electron chi connectivity index (χ3n) is 1.67. The second kappa shape index (κ2) is 6.19. The molecule has 1 aliphatic heterocycles. The van der Waals surface area contributed by atoms with Gasteiger partial charge in [0.25, 0.3) is 0 Å². The second-order valence-corrected chi connectivity index (χ2v) is 6.28. The Morgan fingerprint density at radius 2 is 1.65 bits per heavy atom. The SMILES string of the molecule is CCCS(=O)(=O)N1C=CN(C)C1.O=S(=O)(O)O. The number of hydrogen-bond acceptors (Lipinski definition) is 5. The molecule has 10 heteroatoms. The average Bonchev–Trinajstić information content (AvgIpc) is 2.49. The molecular formula is C7H16N2O6S2. The van der Waals surface area contributed by atoms with Crippen molar-refractivity contribution < 1.29 is 25.9 Å². The first-order valence-electron chi connectivity index (χ1n) is 4.64. The van der Waals surface area contributed by atoms with E-state index in [9.17, 15) is 8.42 Å². The van der Waals surface area contributed by atoms with Crippen LogP contribution < -0.4 is 0 Å². The van der Waals surface area contributed by atoms with Gasteiger partial charge >= 0.3 is 10.4 Å². The van der Waals surface area contributed by atoms with E-state index in [-0.39, 0.29) is 5.75 Å². The molecule has 0 aromatic rings. The van der Waals surface area contributed by atoms with Crippen molar-refractivity contribution in [2.24, 2.45) is 0 Å². The highest BCUT2D eigenvalue weighted by molar-refractivity contribution is 7.89. The number of sulfonamides is 1. The standard InChI is InChI=1S/C7H14N2O2S.H2O4S/c1-3-6-12(10,11)9-5-4-8(2)7-9;1-5(2,3)4/h4-5H,3,6-7H2,1-2H3;(H2,1,2,3,4). The summed E-state index contributed by atoms with van der Waals surface area (Å²) in [7, 11) is -5.86. The molecule has 1 aliphatic rings. The van der Waals surface area contributed by atoms with Crippen LogP contribution in [0.2, 0.25) is 0 Å². The lowest BCUT2D eigenvalue weighted by Crippen LogP contribution is -2.30. The van der Waals surface area contributed by atoms with Crippen LogP contribution in [0.15, 0.2) is 12.4 Å². The van der Waals surface area contributed by atoms with Gasteiger partial charge in [-0.25, -0.2) is 8.42 Å². The van der Waals surface area contributed by atoms with Crippen LogP contribution in [0.5, 0.6) is 0 Å². The Kier molecular flexibility index (Phi) is 5.88. The third kappa shape index (κ3) is 7.96. The molecule has 0 bridgehead atoms. The Labute approximate surface area is 101 Å². The molecule has 0 radical (unpaired) electrons. The summed E-state index contributed by atoms with van der Waals surface area (Å²) in [6.07, 6.45) is 4.02. The summed E-state index contributed by atoms with van der Waals surface area (Å²) < 4.78 is 55.8. The van der Waals surface area contributed by atoms with Crippen LogP contribution in [0.1, 0.15) is 13.3 Å². The van der Waals surface area contributed by atoms with Crippen molar-refractivity contribution in [3.63, 3.8) is 0 Å². The molecule has 8 nitrogen and oxygen atoms in total. The summed E-state index contributed by atoms with van der Waals surface area (Å²) in [5, 5.41) is 0. The second-order valence-electron chi connectivity index (χ2n) is 3.35. The van der Waals surface area contributed by atoms with Crippen LogP contribution in [0, 0.1) is 0 Å². The highest BCUT2D eigenvalue weighted by Gasteiger charge is 2.21. The van der Waals surface area contributed by atoms with Crippen molar-refractivity contribution in [2.75, 3.05) is 19.5 Å². The number of nitrogens with zero attached hydrogens (tertiary/aromatic N) is 2. The molecule has 0 aromatic carbocycles. The van der Waals surface area contributed by atoms with Gasteiger partial charge in [0.2, 0.25) is 10.0 Å². The molecular weight excluding hydrogens is 272 g/mol. The van der Waals surface area contributed by atoms with Gasteiger partial charge in [-0.15, -0.1) is 0 Å². The quantitative estimate of drug-likeness (QED) is 0.688. The Morgan fingerprint density at radius 3 is 1.94 bits per heavy atom. The van der Waals surface area contributed by atoms with Crippen LogP contribution in [-0.4, -0.2) is 54.6 Å². The Balaban J connectivity index is 0.000000437. The van der Waals surface area contributed by atoms with Crippen LogP contribution in [0.25, 0.3) is 0 Å². The lowest BCUT2D eigenvalue weighted by Gasteiger charge is -2.17. The summed E-state index contributed by atoms with van der Waals surface area (Å²) in [5.41, 5.74) is 0. The van der Waals surface area contributed by atoms with E-state index in [0.29, 0.717) is 13.1 Å². The van der Waals surface area contributed by atoms with Crippen molar-refractivity contribution in [3.8, 4) is 0 Å². The zero-order valence-electron chi connectivity index (χ0n) is 9.51. The summed E-state index contributed by atoms with van der Waals surface area (Å²) in [4.78, 5) is 1.83. The zero-order valence-corrected chi connectivity index (χ0v) is 11.1. The van der Waals surface area contributed by atoms with Crippen LogP contribution in [-0.2, 0) is 20.4 Å². The molecule has 0 saturated carbocycles. The topological polar surface area (TPSA) is 115 Å². The largest absolute Gasteiger partial charge is 0.394 e. The lowest BCUT2D eigenvalue weighted by molar-refractivity contribution is 0.380. The van der Waals surface area contributed by atoms with E-state index in [1.54, 1.807) is 12.4 Å². The normalized spacial score (nSPS) is 15.8. The number of hydrogen-bond donors (Lipinski definition) is 2. The van der Waals surface area contributed by atoms with Gasteiger partial charge in [-0.3, -0.25) is 13.4 Å². The Morgan fingerprint density at radius 1 is 1.18 bits per heavy atom. The fraction of sp³-hybridized carbons (Fsp3) is 0.714. The van der Waals surface area contributed by atoms with Gasteiger partial charge in [-0.1, -0.05) is 6.92 Å². The Hall–Kier alpha value is -0.840. The predicted octanol–water partition coefficient (Wildman–Crippen LogP) is -0.250. The van der Waals surface area contributed by atoms with Gasteiger partial charge in [0.05, 0.1) is 5.75 Å². The van der Waals surface area contributed by atoms with Crippen LogP contribution >= 0.6 is 0 Å². The fourth-order valence-electron chi connectivity index (χ4n) is 1.06. The van der Waals surface area contributed by atoms with E-state index in [0.717, 1.165) is 0 Å². The minimum Gasteiger partial charge on any atom is -0.361 e. The van der Waals surface area contributed by atoms with E-state index in [4.69, 9.17) is 17.5 Å². The van der Waals surface area contributed by atoms with Gasteiger partial charge in [0.15, 0.2) is 0 Å². The maximum atomic E-state index is 11.4. The van der Waals surface area contributed by atoms with Crippen molar-refractivity contribution in [3.05, 3.63) is 12.4 Å². The van der Waals surface area contributed by atoms with Crippen LogP contribution in [0.3, 0.4) is 0 Å². The molecule has 0 saturated heterocycles. The smallest absolute Gasteiger partial charge is 0.361 e. The molecule has 17 heavy (non-hydrogen) atoms. The van der Waals surface area contributed by atoms with E-state index in [1.807, 2.05) is 18.9 Å². The molecule has 0 aromatic heterocycles. The maximum Gasteiger partial charge on any atom is 0.394 e. The molecule has 2 N–H and O–H groups in total. The minimum atomic E-state index is -4.67. The fourth-order valence-corrected chi connectivity index (χ4v) is 2.41. The molecule has 0 unspecified atom stereocenters. The van der Waals surface area contributed by atoms with E-state index >= 15 is 0 Å². The highest BCUT2D eigenvalue weighted by atomic mass is 32.3.